The standard InChI is InChI=1S/C18H16N4O3/c1-24-17-19-16(21-22-17)20-18(23)25-10-15-13-8-4-2-6-11(13)12-7-3-5-9-14(12)15/h2-9,15H,10H2,1H3,(H2,19,20,21,22,23). The van der Waals surface area contributed by atoms with Crippen molar-refractivity contribution >= 4 is 12.0 Å². The number of H-pyrrole nitrogens is 1. The maximum atomic E-state index is 12.0. The lowest BCUT2D eigenvalue weighted by Gasteiger charge is -2.14. The molecule has 4 rings (SSSR count). The number of nitrogens with zero attached hydrogens (tertiary/aromatic N) is 2. The van der Waals surface area contributed by atoms with Gasteiger partial charge < -0.3 is 9.47 Å². The minimum Gasteiger partial charge on any atom is -0.466 e. The Balaban J connectivity index is 1.48. The first-order chi connectivity index (χ1) is 12.3. The van der Waals surface area contributed by atoms with Gasteiger partial charge in [0.25, 0.3) is 0 Å². The molecule has 1 aliphatic rings. The average molecular weight is 336 g/mol. The summed E-state index contributed by atoms with van der Waals surface area (Å²) >= 11 is 0. The third-order valence-electron chi connectivity index (χ3n) is 4.21. The summed E-state index contributed by atoms with van der Waals surface area (Å²) < 4.78 is 10.3. The molecule has 0 unspecified atom stereocenters. The highest BCUT2D eigenvalue weighted by molar-refractivity contribution is 5.83. The molecule has 0 atom stereocenters. The van der Waals surface area contributed by atoms with Crippen LogP contribution in [0.15, 0.2) is 48.5 Å². The number of carbonyl (C=O) groups excluding carboxylic acids is 1. The van der Waals surface area contributed by atoms with E-state index in [9.17, 15) is 4.79 Å². The molecule has 0 spiro atoms. The van der Waals surface area contributed by atoms with Crippen molar-refractivity contribution in [2.45, 2.75) is 5.92 Å². The minimum atomic E-state index is -0.597. The minimum absolute atomic E-state index is 0.0161. The molecule has 0 saturated heterocycles. The van der Waals surface area contributed by atoms with Crippen LogP contribution in [0.2, 0.25) is 0 Å². The zero-order valence-corrected chi connectivity index (χ0v) is 13.5. The monoisotopic (exact) mass is 336 g/mol. The Bertz CT molecular complexity index is 876. The Labute approximate surface area is 144 Å². The van der Waals surface area contributed by atoms with Gasteiger partial charge in [-0.1, -0.05) is 48.5 Å². The number of nitrogens with one attached hydrogen (secondary N) is 2. The van der Waals surface area contributed by atoms with Crippen molar-refractivity contribution in [3.63, 3.8) is 0 Å². The van der Waals surface area contributed by atoms with Crippen molar-refractivity contribution in [1.29, 1.82) is 0 Å². The van der Waals surface area contributed by atoms with E-state index >= 15 is 0 Å². The molecule has 1 heterocycles. The molecular weight excluding hydrogens is 320 g/mol. The van der Waals surface area contributed by atoms with Crippen molar-refractivity contribution in [3.8, 4) is 17.1 Å². The van der Waals surface area contributed by atoms with Gasteiger partial charge in [0, 0.05) is 5.92 Å². The lowest BCUT2D eigenvalue weighted by Crippen LogP contribution is -2.18. The van der Waals surface area contributed by atoms with Crippen molar-refractivity contribution in [3.05, 3.63) is 59.7 Å². The number of benzene rings is 2. The highest BCUT2D eigenvalue weighted by atomic mass is 16.5. The summed E-state index contributed by atoms with van der Waals surface area (Å²) in [7, 11) is 1.44. The fraction of sp³-hybridized carbons (Fsp3) is 0.167. The largest absolute Gasteiger partial charge is 0.466 e. The van der Waals surface area contributed by atoms with Crippen molar-refractivity contribution < 1.29 is 14.3 Å². The van der Waals surface area contributed by atoms with E-state index in [1.54, 1.807) is 0 Å². The molecule has 2 aromatic carbocycles. The van der Waals surface area contributed by atoms with E-state index in [2.05, 4.69) is 44.8 Å². The van der Waals surface area contributed by atoms with Gasteiger partial charge in [-0.15, -0.1) is 5.10 Å². The molecule has 1 aromatic heterocycles. The molecule has 0 saturated carbocycles. The van der Waals surface area contributed by atoms with Gasteiger partial charge >= 0.3 is 12.1 Å². The lowest BCUT2D eigenvalue weighted by atomic mass is 9.98. The molecule has 1 amide bonds. The van der Waals surface area contributed by atoms with Crippen LogP contribution in [0.25, 0.3) is 11.1 Å². The summed E-state index contributed by atoms with van der Waals surface area (Å²) in [5, 5.41) is 8.80. The molecule has 3 aromatic rings. The number of aromatic nitrogens is 3. The maximum absolute atomic E-state index is 12.0. The fourth-order valence-corrected chi connectivity index (χ4v) is 3.12. The smallest absolute Gasteiger partial charge is 0.414 e. The summed E-state index contributed by atoms with van der Waals surface area (Å²) in [4.78, 5) is 15.9. The predicted octanol–water partition coefficient (Wildman–Crippen LogP) is 3.17. The molecule has 7 heteroatoms. The SMILES string of the molecule is COc1n[nH]c(NC(=O)OCC2c3ccccc3-c3ccccc32)n1. The van der Waals surface area contributed by atoms with Gasteiger partial charge in [0.05, 0.1) is 7.11 Å². The van der Waals surface area contributed by atoms with E-state index in [4.69, 9.17) is 9.47 Å². The number of anilines is 1. The quantitative estimate of drug-likeness (QED) is 0.764. The molecule has 126 valence electrons. The van der Waals surface area contributed by atoms with Gasteiger partial charge in [-0.05, 0) is 22.3 Å². The summed E-state index contributed by atoms with van der Waals surface area (Å²) in [6.07, 6.45) is -0.597. The molecule has 25 heavy (non-hydrogen) atoms. The third kappa shape index (κ3) is 2.80. The van der Waals surface area contributed by atoms with Crippen molar-refractivity contribution in [2.75, 3.05) is 19.0 Å². The molecule has 1 aliphatic carbocycles. The van der Waals surface area contributed by atoms with Gasteiger partial charge in [0.1, 0.15) is 6.61 Å². The highest BCUT2D eigenvalue weighted by Gasteiger charge is 2.29. The Kier molecular flexibility index (Phi) is 3.81. The fourth-order valence-electron chi connectivity index (χ4n) is 3.12. The summed E-state index contributed by atoms with van der Waals surface area (Å²) in [6.45, 7) is 0.241. The maximum Gasteiger partial charge on any atom is 0.414 e. The lowest BCUT2D eigenvalue weighted by molar-refractivity contribution is 0.158. The molecule has 0 bridgehead atoms. The first-order valence-corrected chi connectivity index (χ1v) is 7.84. The van der Waals surface area contributed by atoms with E-state index in [0.29, 0.717) is 0 Å². The van der Waals surface area contributed by atoms with Crippen LogP contribution in [0.1, 0.15) is 17.0 Å². The van der Waals surface area contributed by atoms with Gasteiger partial charge in [-0.25, -0.2) is 9.89 Å². The first kappa shape index (κ1) is 15.2. The number of hydrogen-bond donors (Lipinski definition) is 2. The van der Waals surface area contributed by atoms with E-state index < -0.39 is 6.09 Å². The highest BCUT2D eigenvalue weighted by Crippen LogP contribution is 2.44. The zero-order chi connectivity index (χ0) is 17.2. The number of aromatic amines is 1. The number of fused-ring (bicyclic) bond motifs is 3. The van der Waals surface area contributed by atoms with Gasteiger partial charge in [0.15, 0.2) is 0 Å². The van der Waals surface area contributed by atoms with Crippen molar-refractivity contribution in [1.82, 2.24) is 15.2 Å². The number of amides is 1. The van der Waals surface area contributed by atoms with Crippen LogP contribution in [-0.2, 0) is 4.74 Å². The molecule has 2 N–H and O–H groups in total. The predicted molar refractivity (Wildman–Crippen MR) is 91.6 cm³/mol. The molecule has 0 radical (unpaired) electrons. The number of hydrogen-bond acceptors (Lipinski definition) is 5. The molecule has 7 nitrogen and oxygen atoms in total. The van der Waals surface area contributed by atoms with Gasteiger partial charge in [0.2, 0.25) is 5.95 Å². The van der Waals surface area contributed by atoms with E-state index in [1.807, 2.05) is 24.3 Å². The Hall–Kier alpha value is -3.35. The van der Waals surface area contributed by atoms with E-state index in [0.717, 1.165) is 11.1 Å². The molecule has 0 aliphatic heterocycles. The van der Waals surface area contributed by atoms with Crippen LogP contribution < -0.4 is 10.1 Å². The van der Waals surface area contributed by atoms with E-state index in [1.165, 1.54) is 18.2 Å². The molecule has 0 fully saturated rings. The van der Waals surface area contributed by atoms with Gasteiger partial charge in [-0.2, -0.15) is 4.98 Å². The topological polar surface area (TPSA) is 89.1 Å². The summed E-state index contributed by atoms with van der Waals surface area (Å²) in [5.41, 5.74) is 4.70. The Morgan fingerprint density at radius 2 is 1.76 bits per heavy atom. The third-order valence-corrected chi connectivity index (χ3v) is 4.21. The second-order valence-corrected chi connectivity index (χ2v) is 5.62. The Morgan fingerprint density at radius 3 is 2.36 bits per heavy atom. The number of ether oxygens (including phenoxy) is 2. The summed E-state index contributed by atoms with van der Waals surface area (Å²) in [5.74, 6) is 0.191. The van der Waals surface area contributed by atoms with Crippen LogP contribution in [0.3, 0.4) is 0 Å². The number of methoxy groups -OCH3 is 1. The van der Waals surface area contributed by atoms with E-state index in [-0.39, 0.29) is 24.5 Å². The van der Waals surface area contributed by atoms with Gasteiger partial charge in [-0.3, -0.25) is 5.32 Å². The second-order valence-electron chi connectivity index (χ2n) is 5.62. The average Bonchev–Trinajstić information content (AvgIpc) is 3.22. The molecular formula is C18H16N4O3. The number of carbonyl (C=O) groups is 1. The normalized spacial score (nSPS) is 12.4. The number of rotatable bonds is 4. The summed E-state index contributed by atoms with van der Waals surface area (Å²) in [6, 6.07) is 16.5. The Morgan fingerprint density at radius 1 is 1.12 bits per heavy atom. The first-order valence-electron chi connectivity index (χ1n) is 7.84. The van der Waals surface area contributed by atoms with Crippen LogP contribution in [0.5, 0.6) is 6.01 Å². The van der Waals surface area contributed by atoms with Crippen LogP contribution in [0.4, 0.5) is 10.7 Å². The van der Waals surface area contributed by atoms with Crippen LogP contribution >= 0.6 is 0 Å². The zero-order valence-electron chi connectivity index (χ0n) is 13.5. The second kappa shape index (κ2) is 6.27. The van der Waals surface area contributed by atoms with Crippen molar-refractivity contribution in [2.24, 2.45) is 0 Å². The van der Waals surface area contributed by atoms with Crippen LogP contribution in [0, 0.1) is 0 Å². The van der Waals surface area contributed by atoms with Crippen LogP contribution in [-0.4, -0.2) is 35.0 Å².